The molecule has 2 rings (SSSR count). The van der Waals surface area contributed by atoms with Gasteiger partial charge >= 0.3 is 0 Å². The molecule has 1 aliphatic rings. The van der Waals surface area contributed by atoms with Crippen LogP contribution < -0.4 is 10.6 Å². The fourth-order valence-corrected chi connectivity index (χ4v) is 2.05. The molecule has 0 heterocycles. The first-order chi connectivity index (χ1) is 9.19. The maximum Gasteiger partial charge on any atom is 0.251 e. The van der Waals surface area contributed by atoms with E-state index in [1.54, 1.807) is 6.92 Å². The Labute approximate surface area is 114 Å². The molecule has 4 nitrogen and oxygen atoms in total. The van der Waals surface area contributed by atoms with Gasteiger partial charge in [-0.25, -0.2) is 0 Å². The summed E-state index contributed by atoms with van der Waals surface area (Å²) in [6.07, 6.45) is 4.01. The zero-order valence-corrected chi connectivity index (χ0v) is 11.4. The van der Waals surface area contributed by atoms with E-state index in [2.05, 4.69) is 10.6 Å². The average molecular weight is 262 g/mol. The van der Waals surface area contributed by atoms with Gasteiger partial charge in [-0.3, -0.25) is 4.79 Å². The molecule has 3 N–H and O–H groups in total. The molecule has 1 aromatic rings. The first kappa shape index (κ1) is 13.9. The summed E-state index contributed by atoms with van der Waals surface area (Å²) in [5, 5.41) is 15.0. The van der Waals surface area contributed by atoms with Crippen molar-refractivity contribution in [3.05, 3.63) is 29.8 Å². The predicted molar refractivity (Wildman–Crippen MR) is 76.3 cm³/mol. The highest BCUT2D eigenvalue weighted by molar-refractivity contribution is 5.94. The van der Waals surface area contributed by atoms with Gasteiger partial charge in [0.05, 0.1) is 6.61 Å². The van der Waals surface area contributed by atoms with Crippen LogP contribution in [0.25, 0.3) is 0 Å². The summed E-state index contributed by atoms with van der Waals surface area (Å²) in [6.45, 7) is 2.74. The maximum atomic E-state index is 11.8. The summed E-state index contributed by atoms with van der Waals surface area (Å²) < 4.78 is 0. The quantitative estimate of drug-likeness (QED) is 0.735. The molecule has 1 fully saturated rings. The highest BCUT2D eigenvalue weighted by Gasteiger charge is 2.16. The third-order valence-electron chi connectivity index (χ3n) is 3.62. The zero-order valence-electron chi connectivity index (χ0n) is 11.4. The summed E-state index contributed by atoms with van der Waals surface area (Å²) in [4.78, 5) is 11.8. The number of benzene rings is 1. The molecule has 1 saturated carbocycles. The van der Waals surface area contributed by atoms with Crippen molar-refractivity contribution in [2.24, 2.45) is 5.92 Å². The average Bonchev–Trinajstić information content (AvgIpc) is 2.37. The van der Waals surface area contributed by atoms with E-state index in [1.807, 2.05) is 24.3 Å². The third kappa shape index (κ3) is 3.96. The lowest BCUT2D eigenvalue weighted by Crippen LogP contribution is -2.34. The Morgan fingerprint density at radius 1 is 1.37 bits per heavy atom. The van der Waals surface area contributed by atoms with E-state index in [4.69, 9.17) is 5.11 Å². The molecular formula is C15H22N2O2. The van der Waals surface area contributed by atoms with Crippen molar-refractivity contribution in [1.29, 1.82) is 0 Å². The number of carbonyl (C=O) groups excluding carboxylic acids is 1. The summed E-state index contributed by atoms with van der Waals surface area (Å²) in [5.74, 6) is 0.667. The van der Waals surface area contributed by atoms with E-state index in [0.29, 0.717) is 5.56 Å². The van der Waals surface area contributed by atoms with Gasteiger partial charge in [0.1, 0.15) is 0 Å². The molecule has 0 spiro atoms. The largest absolute Gasteiger partial charge is 0.394 e. The van der Waals surface area contributed by atoms with Crippen LogP contribution in [0.3, 0.4) is 0 Å². The highest BCUT2D eigenvalue weighted by atomic mass is 16.3. The van der Waals surface area contributed by atoms with Crippen molar-refractivity contribution >= 4 is 11.6 Å². The Hall–Kier alpha value is -1.55. The second-order valence-electron chi connectivity index (χ2n) is 5.31. The minimum atomic E-state index is -0.219. The summed E-state index contributed by atoms with van der Waals surface area (Å²) in [6, 6.07) is 7.25. The SMILES string of the molecule is CC(CO)NC(=O)c1ccc(NCC2CCC2)cc1. The second kappa shape index (κ2) is 6.57. The Balaban J connectivity index is 1.84. The first-order valence-electron chi connectivity index (χ1n) is 6.94. The van der Waals surface area contributed by atoms with Crippen molar-refractivity contribution in [1.82, 2.24) is 5.32 Å². The Morgan fingerprint density at radius 3 is 2.58 bits per heavy atom. The summed E-state index contributed by atoms with van der Waals surface area (Å²) in [7, 11) is 0. The molecule has 1 unspecified atom stereocenters. The minimum Gasteiger partial charge on any atom is -0.394 e. The molecule has 0 aliphatic heterocycles. The van der Waals surface area contributed by atoms with Crippen LogP contribution in [0.1, 0.15) is 36.5 Å². The molecule has 1 aliphatic carbocycles. The fourth-order valence-electron chi connectivity index (χ4n) is 2.05. The van der Waals surface area contributed by atoms with Crippen LogP contribution in [-0.2, 0) is 0 Å². The molecular weight excluding hydrogens is 240 g/mol. The number of nitrogens with one attached hydrogen (secondary N) is 2. The molecule has 1 amide bonds. The molecule has 0 radical (unpaired) electrons. The fraction of sp³-hybridized carbons (Fsp3) is 0.533. The molecule has 1 aromatic carbocycles. The van der Waals surface area contributed by atoms with E-state index >= 15 is 0 Å². The number of amides is 1. The van der Waals surface area contributed by atoms with Crippen LogP contribution in [0, 0.1) is 5.92 Å². The lowest BCUT2D eigenvalue weighted by atomic mass is 9.85. The number of aliphatic hydroxyl groups excluding tert-OH is 1. The van der Waals surface area contributed by atoms with E-state index in [1.165, 1.54) is 19.3 Å². The van der Waals surface area contributed by atoms with Crippen LogP contribution in [0.15, 0.2) is 24.3 Å². The van der Waals surface area contributed by atoms with Crippen LogP contribution in [-0.4, -0.2) is 30.2 Å². The molecule has 0 saturated heterocycles. The predicted octanol–water partition coefficient (Wildman–Crippen LogP) is 2.01. The van der Waals surface area contributed by atoms with Crippen molar-refractivity contribution in [3.63, 3.8) is 0 Å². The normalized spacial score (nSPS) is 16.5. The van der Waals surface area contributed by atoms with Gasteiger partial charge in [-0.15, -0.1) is 0 Å². The lowest BCUT2D eigenvalue weighted by Gasteiger charge is -2.25. The van der Waals surface area contributed by atoms with Crippen molar-refractivity contribution < 1.29 is 9.90 Å². The maximum absolute atomic E-state index is 11.8. The van der Waals surface area contributed by atoms with Crippen LogP contribution in [0.2, 0.25) is 0 Å². The lowest BCUT2D eigenvalue weighted by molar-refractivity contribution is 0.0922. The Morgan fingerprint density at radius 2 is 2.05 bits per heavy atom. The number of carbonyl (C=O) groups is 1. The molecule has 0 bridgehead atoms. The van der Waals surface area contributed by atoms with E-state index in [0.717, 1.165) is 18.2 Å². The van der Waals surface area contributed by atoms with Crippen LogP contribution in [0.4, 0.5) is 5.69 Å². The van der Waals surface area contributed by atoms with Gasteiger partial charge < -0.3 is 15.7 Å². The van der Waals surface area contributed by atoms with Gasteiger partial charge in [-0.2, -0.15) is 0 Å². The minimum absolute atomic E-state index is 0.0488. The topological polar surface area (TPSA) is 61.4 Å². The number of aliphatic hydroxyl groups is 1. The van der Waals surface area contributed by atoms with E-state index in [-0.39, 0.29) is 18.6 Å². The third-order valence-corrected chi connectivity index (χ3v) is 3.62. The molecule has 19 heavy (non-hydrogen) atoms. The molecule has 1 atom stereocenters. The number of anilines is 1. The van der Waals surface area contributed by atoms with Crippen LogP contribution >= 0.6 is 0 Å². The van der Waals surface area contributed by atoms with Gasteiger partial charge in [0.15, 0.2) is 0 Å². The van der Waals surface area contributed by atoms with E-state index in [9.17, 15) is 4.79 Å². The molecule has 4 heteroatoms. The Bertz CT molecular complexity index is 413. The second-order valence-corrected chi connectivity index (χ2v) is 5.31. The van der Waals surface area contributed by atoms with Gasteiger partial charge in [0, 0.05) is 23.8 Å². The summed E-state index contributed by atoms with van der Waals surface area (Å²) in [5.41, 5.74) is 1.67. The van der Waals surface area contributed by atoms with Crippen molar-refractivity contribution in [2.75, 3.05) is 18.5 Å². The monoisotopic (exact) mass is 262 g/mol. The number of rotatable bonds is 6. The van der Waals surface area contributed by atoms with Crippen molar-refractivity contribution in [3.8, 4) is 0 Å². The highest BCUT2D eigenvalue weighted by Crippen LogP contribution is 2.26. The van der Waals surface area contributed by atoms with Crippen molar-refractivity contribution in [2.45, 2.75) is 32.2 Å². The standard InChI is InChI=1S/C15H22N2O2/c1-11(10-18)17-15(19)13-5-7-14(8-6-13)16-9-12-3-2-4-12/h5-8,11-12,16,18H,2-4,9-10H2,1H3,(H,17,19). The van der Waals surface area contributed by atoms with Crippen LogP contribution in [0.5, 0.6) is 0 Å². The Kier molecular flexibility index (Phi) is 4.80. The number of hydrogen-bond donors (Lipinski definition) is 3. The zero-order chi connectivity index (χ0) is 13.7. The molecule has 0 aromatic heterocycles. The first-order valence-corrected chi connectivity index (χ1v) is 6.94. The van der Waals surface area contributed by atoms with Gasteiger partial charge in [-0.1, -0.05) is 6.42 Å². The smallest absolute Gasteiger partial charge is 0.251 e. The van der Waals surface area contributed by atoms with Gasteiger partial charge in [0.25, 0.3) is 5.91 Å². The summed E-state index contributed by atoms with van der Waals surface area (Å²) >= 11 is 0. The van der Waals surface area contributed by atoms with E-state index < -0.39 is 0 Å². The number of hydrogen-bond acceptors (Lipinski definition) is 3. The van der Waals surface area contributed by atoms with Gasteiger partial charge in [-0.05, 0) is 49.9 Å². The van der Waals surface area contributed by atoms with Gasteiger partial charge in [0.2, 0.25) is 0 Å². The molecule has 104 valence electrons.